The Balaban J connectivity index is 1.93. The Labute approximate surface area is 115 Å². The van der Waals surface area contributed by atoms with Gasteiger partial charge in [-0.3, -0.25) is 4.79 Å². The van der Waals surface area contributed by atoms with Crippen LogP contribution in [0.25, 0.3) is 0 Å². The van der Waals surface area contributed by atoms with Gasteiger partial charge in [-0.05, 0) is 37.1 Å². The zero-order valence-corrected chi connectivity index (χ0v) is 11.9. The van der Waals surface area contributed by atoms with Gasteiger partial charge in [0.15, 0.2) is 0 Å². The molecule has 0 bridgehead atoms. The van der Waals surface area contributed by atoms with E-state index in [2.05, 4.69) is 17.0 Å². The molecule has 2 rings (SSSR count). The van der Waals surface area contributed by atoms with Crippen LogP contribution in [-0.2, 0) is 4.79 Å². The third-order valence-corrected chi connectivity index (χ3v) is 3.95. The lowest BCUT2D eigenvalue weighted by Gasteiger charge is -2.37. The molecule has 1 aliphatic heterocycles. The van der Waals surface area contributed by atoms with E-state index in [1.165, 1.54) is 5.69 Å². The first-order valence-electron chi connectivity index (χ1n) is 6.74. The summed E-state index contributed by atoms with van der Waals surface area (Å²) >= 11 is 0. The Morgan fingerprint density at radius 2 is 1.84 bits per heavy atom. The average molecular weight is 262 g/mol. The highest BCUT2D eigenvalue weighted by Crippen LogP contribution is 2.24. The van der Waals surface area contributed by atoms with Crippen molar-refractivity contribution in [1.82, 2.24) is 4.90 Å². The lowest BCUT2D eigenvalue weighted by atomic mass is 10.0. The Kier molecular flexibility index (Phi) is 4.30. The normalized spacial score (nSPS) is 16.3. The van der Waals surface area contributed by atoms with Gasteiger partial charge in [-0.25, -0.2) is 0 Å². The number of nitrogens with zero attached hydrogens (tertiary/aromatic N) is 2. The second-order valence-electron chi connectivity index (χ2n) is 5.05. The maximum Gasteiger partial charge on any atom is 0.219 e. The highest BCUT2D eigenvalue weighted by molar-refractivity contribution is 5.73. The number of ether oxygens (including phenoxy) is 1. The molecule has 4 nitrogen and oxygen atoms in total. The third kappa shape index (κ3) is 3.19. The van der Waals surface area contributed by atoms with E-state index in [1.807, 2.05) is 24.1 Å². The minimum Gasteiger partial charge on any atom is -0.497 e. The van der Waals surface area contributed by atoms with E-state index in [0.717, 1.165) is 31.7 Å². The molecular weight excluding hydrogens is 240 g/mol. The molecule has 0 unspecified atom stereocenters. The van der Waals surface area contributed by atoms with Gasteiger partial charge in [-0.2, -0.15) is 0 Å². The molecule has 0 spiro atoms. The van der Waals surface area contributed by atoms with Crippen LogP contribution < -0.4 is 9.64 Å². The molecule has 19 heavy (non-hydrogen) atoms. The van der Waals surface area contributed by atoms with E-state index in [4.69, 9.17) is 4.74 Å². The smallest absolute Gasteiger partial charge is 0.219 e. The molecule has 1 amide bonds. The van der Waals surface area contributed by atoms with Crippen LogP contribution in [-0.4, -0.2) is 44.1 Å². The summed E-state index contributed by atoms with van der Waals surface area (Å²) in [5.74, 6) is 1.04. The minimum atomic E-state index is 0.155. The van der Waals surface area contributed by atoms with Crippen LogP contribution in [0.3, 0.4) is 0 Å². The van der Waals surface area contributed by atoms with Gasteiger partial charge in [0, 0.05) is 38.8 Å². The monoisotopic (exact) mass is 262 g/mol. The molecule has 0 atom stereocenters. The van der Waals surface area contributed by atoms with E-state index in [-0.39, 0.29) is 5.91 Å². The zero-order valence-electron chi connectivity index (χ0n) is 11.9. The summed E-state index contributed by atoms with van der Waals surface area (Å²) < 4.78 is 5.17. The van der Waals surface area contributed by atoms with Crippen LogP contribution >= 0.6 is 0 Å². The fraction of sp³-hybridized carbons (Fsp3) is 0.533. The van der Waals surface area contributed by atoms with Crippen molar-refractivity contribution in [1.29, 1.82) is 0 Å². The molecule has 1 heterocycles. The SMILES string of the molecule is COc1ccc(N2CCC(N(C)C(C)=O)CC2)cc1. The Morgan fingerprint density at radius 1 is 1.26 bits per heavy atom. The van der Waals surface area contributed by atoms with Crippen LogP contribution in [0.4, 0.5) is 5.69 Å². The summed E-state index contributed by atoms with van der Waals surface area (Å²) in [5.41, 5.74) is 1.23. The van der Waals surface area contributed by atoms with Gasteiger partial charge >= 0.3 is 0 Å². The van der Waals surface area contributed by atoms with Crippen molar-refractivity contribution in [3.63, 3.8) is 0 Å². The number of hydrogen-bond donors (Lipinski definition) is 0. The lowest BCUT2D eigenvalue weighted by molar-refractivity contribution is -0.129. The van der Waals surface area contributed by atoms with Gasteiger partial charge in [0.2, 0.25) is 5.91 Å². The first kappa shape index (κ1) is 13.7. The molecule has 0 radical (unpaired) electrons. The number of amides is 1. The quantitative estimate of drug-likeness (QED) is 0.836. The predicted molar refractivity (Wildman–Crippen MR) is 76.7 cm³/mol. The summed E-state index contributed by atoms with van der Waals surface area (Å²) in [7, 11) is 3.58. The highest BCUT2D eigenvalue weighted by Gasteiger charge is 2.23. The number of anilines is 1. The average Bonchev–Trinajstić information content (AvgIpc) is 2.46. The number of carbonyl (C=O) groups is 1. The number of hydrogen-bond acceptors (Lipinski definition) is 3. The van der Waals surface area contributed by atoms with Crippen LogP contribution in [0.1, 0.15) is 19.8 Å². The van der Waals surface area contributed by atoms with Gasteiger partial charge in [-0.15, -0.1) is 0 Å². The largest absolute Gasteiger partial charge is 0.497 e. The van der Waals surface area contributed by atoms with Crippen LogP contribution in [0, 0.1) is 0 Å². The number of rotatable bonds is 3. The Bertz CT molecular complexity index is 422. The van der Waals surface area contributed by atoms with E-state index < -0.39 is 0 Å². The van der Waals surface area contributed by atoms with Gasteiger partial charge in [0.05, 0.1) is 7.11 Å². The van der Waals surface area contributed by atoms with Crippen molar-refractivity contribution in [2.24, 2.45) is 0 Å². The minimum absolute atomic E-state index is 0.155. The first-order chi connectivity index (χ1) is 9.11. The molecule has 1 aromatic carbocycles. The Hall–Kier alpha value is -1.71. The van der Waals surface area contributed by atoms with Crippen molar-refractivity contribution in [2.45, 2.75) is 25.8 Å². The zero-order chi connectivity index (χ0) is 13.8. The summed E-state index contributed by atoms with van der Waals surface area (Å²) in [5, 5.41) is 0. The number of piperidine rings is 1. The van der Waals surface area contributed by atoms with Crippen molar-refractivity contribution < 1.29 is 9.53 Å². The summed E-state index contributed by atoms with van der Waals surface area (Å²) in [4.78, 5) is 15.6. The van der Waals surface area contributed by atoms with E-state index >= 15 is 0 Å². The van der Waals surface area contributed by atoms with E-state index in [1.54, 1.807) is 14.0 Å². The summed E-state index contributed by atoms with van der Waals surface area (Å²) in [6.07, 6.45) is 2.06. The summed E-state index contributed by atoms with van der Waals surface area (Å²) in [6, 6.07) is 8.54. The predicted octanol–water partition coefficient (Wildman–Crippen LogP) is 2.14. The van der Waals surface area contributed by atoms with E-state index in [0.29, 0.717) is 6.04 Å². The Morgan fingerprint density at radius 3 is 2.32 bits per heavy atom. The molecule has 104 valence electrons. The van der Waals surface area contributed by atoms with Gasteiger partial charge < -0.3 is 14.5 Å². The molecule has 1 aliphatic rings. The molecular formula is C15H22N2O2. The topological polar surface area (TPSA) is 32.8 Å². The van der Waals surface area contributed by atoms with Gasteiger partial charge in [0.1, 0.15) is 5.75 Å². The second kappa shape index (κ2) is 5.95. The van der Waals surface area contributed by atoms with Crippen LogP contribution in [0.2, 0.25) is 0 Å². The fourth-order valence-electron chi connectivity index (χ4n) is 2.56. The van der Waals surface area contributed by atoms with Crippen molar-refractivity contribution in [3.8, 4) is 5.75 Å². The lowest BCUT2D eigenvalue weighted by Crippen LogP contribution is -2.45. The van der Waals surface area contributed by atoms with Crippen molar-refractivity contribution in [3.05, 3.63) is 24.3 Å². The summed E-state index contributed by atoms with van der Waals surface area (Å²) in [6.45, 7) is 3.62. The molecule has 1 fully saturated rings. The van der Waals surface area contributed by atoms with Gasteiger partial charge in [-0.1, -0.05) is 0 Å². The first-order valence-corrected chi connectivity index (χ1v) is 6.74. The number of carbonyl (C=O) groups excluding carboxylic acids is 1. The molecule has 0 aliphatic carbocycles. The maximum absolute atomic E-state index is 11.4. The number of methoxy groups -OCH3 is 1. The van der Waals surface area contributed by atoms with Gasteiger partial charge in [0.25, 0.3) is 0 Å². The molecule has 0 aromatic heterocycles. The standard InChI is InChI=1S/C15H22N2O2/c1-12(18)16(2)13-8-10-17(11-9-13)14-4-6-15(19-3)7-5-14/h4-7,13H,8-11H2,1-3H3. The third-order valence-electron chi connectivity index (χ3n) is 3.95. The van der Waals surface area contributed by atoms with Crippen LogP contribution in [0.5, 0.6) is 5.75 Å². The molecule has 0 N–H and O–H groups in total. The van der Waals surface area contributed by atoms with Crippen LogP contribution in [0.15, 0.2) is 24.3 Å². The van der Waals surface area contributed by atoms with E-state index in [9.17, 15) is 4.79 Å². The number of benzene rings is 1. The maximum atomic E-state index is 11.4. The molecule has 1 aromatic rings. The fourth-order valence-corrected chi connectivity index (χ4v) is 2.56. The van der Waals surface area contributed by atoms with Crippen molar-refractivity contribution >= 4 is 11.6 Å². The van der Waals surface area contributed by atoms with Crippen molar-refractivity contribution in [2.75, 3.05) is 32.1 Å². The molecule has 1 saturated heterocycles. The molecule has 4 heteroatoms. The molecule has 0 saturated carbocycles. The highest BCUT2D eigenvalue weighted by atomic mass is 16.5. The second-order valence-corrected chi connectivity index (χ2v) is 5.05.